The molecular weight excluding hydrogens is 229 g/mol. The zero-order valence-corrected chi connectivity index (χ0v) is 4.89. The van der Waals surface area contributed by atoms with Crippen molar-refractivity contribution in [1.29, 1.82) is 0 Å². The summed E-state index contributed by atoms with van der Waals surface area (Å²) in [5.41, 5.74) is 0. The number of hydrogen-bond donors (Lipinski definition) is 0. The van der Waals surface area contributed by atoms with E-state index in [4.69, 9.17) is 9.75 Å². The SMILES string of the molecule is [O]=[Ta](=[O])=[O]. The Bertz CT molecular complexity index is 72.7. The molecule has 23 valence electrons. The van der Waals surface area contributed by atoms with Crippen LogP contribution in [0.25, 0.3) is 0 Å². The first-order chi connectivity index (χ1) is 1.73. The topological polar surface area (TPSA) is 51.2 Å². The van der Waals surface area contributed by atoms with Crippen molar-refractivity contribution in [3.05, 3.63) is 0 Å². The maximum atomic E-state index is 8.62. The minimum absolute atomic E-state index is 4.34. The Balaban J connectivity index is 4.65. The third-order valence-corrected chi connectivity index (χ3v) is 0. The molecule has 0 spiro atoms. The molecule has 0 rings (SSSR count). The molecule has 0 aromatic carbocycles. The van der Waals surface area contributed by atoms with E-state index in [-0.39, 0.29) is 0 Å². The summed E-state index contributed by atoms with van der Waals surface area (Å²) in [6.07, 6.45) is 0. The summed E-state index contributed by atoms with van der Waals surface area (Å²) in [4.78, 5) is 0. The van der Waals surface area contributed by atoms with Gasteiger partial charge in [-0.05, 0) is 0 Å². The van der Waals surface area contributed by atoms with Gasteiger partial charge in [-0.1, -0.05) is 0 Å². The molecule has 0 aliphatic heterocycles. The third-order valence-electron chi connectivity index (χ3n) is 0. The van der Waals surface area contributed by atoms with Crippen LogP contribution in [0, 0.1) is 0 Å². The molecule has 4 heavy (non-hydrogen) atoms. The first-order valence-corrected chi connectivity index (χ1v) is 4.48. The zero-order chi connectivity index (χ0) is 3.58. The Morgan fingerprint density at radius 2 is 1.00 bits per heavy atom. The molecule has 0 saturated heterocycles. The maximum absolute atomic E-state index is 8.62. The van der Waals surface area contributed by atoms with Gasteiger partial charge in [0, 0.05) is 0 Å². The Hall–Kier alpha value is 0.140. The fourth-order valence-corrected chi connectivity index (χ4v) is 0. The molecule has 0 bridgehead atoms. The average Bonchev–Trinajstić information content (AvgIpc) is 0.811. The van der Waals surface area contributed by atoms with E-state index in [0.29, 0.717) is 0 Å². The van der Waals surface area contributed by atoms with Crippen LogP contribution in [-0.4, -0.2) is 0 Å². The molecule has 0 fully saturated rings. The van der Waals surface area contributed by atoms with Crippen LogP contribution in [0.3, 0.4) is 0 Å². The quantitative estimate of drug-likeness (QED) is 0.569. The van der Waals surface area contributed by atoms with Crippen molar-refractivity contribution in [2.24, 2.45) is 0 Å². The third kappa shape index (κ3) is 141. The van der Waals surface area contributed by atoms with Crippen molar-refractivity contribution in [2.45, 2.75) is 0 Å². The Morgan fingerprint density at radius 3 is 1.00 bits per heavy atom. The van der Waals surface area contributed by atoms with E-state index < -0.39 is 18.4 Å². The zero-order valence-electron chi connectivity index (χ0n) is 1.67. The molecule has 0 aliphatic rings. The second kappa shape index (κ2) is 1.46. The molecule has 0 unspecified atom stereocenters. The predicted molar refractivity (Wildman–Crippen MR) is 2.06 cm³/mol. The summed E-state index contributed by atoms with van der Waals surface area (Å²) in [5, 5.41) is 0. The fraction of sp³-hybridized carbons (Fsp3) is 0. The molecule has 3 nitrogen and oxygen atoms in total. The standard InChI is InChI=1S/3O.Ta. The molecule has 0 heterocycles. The Morgan fingerprint density at radius 1 is 1.00 bits per heavy atom. The van der Waals surface area contributed by atoms with Gasteiger partial charge in [0.05, 0.1) is 0 Å². The first kappa shape index (κ1) is 4.14. The molecule has 4 heteroatoms. The van der Waals surface area contributed by atoms with Crippen molar-refractivity contribution in [3.63, 3.8) is 0 Å². The van der Waals surface area contributed by atoms with Gasteiger partial charge >= 0.3 is 28.1 Å². The number of rotatable bonds is 0. The van der Waals surface area contributed by atoms with Crippen LogP contribution in [0.4, 0.5) is 0 Å². The van der Waals surface area contributed by atoms with Crippen molar-refractivity contribution in [1.82, 2.24) is 0 Å². The monoisotopic (exact) mass is 229 g/mol. The van der Waals surface area contributed by atoms with Crippen LogP contribution in [-0.2, 0) is 28.1 Å². The average molecular weight is 229 g/mol. The van der Waals surface area contributed by atoms with Crippen LogP contribution in [0.1, 0.15) is 0 Å². The molecule has 0 amide bonds. The van der Waals surface area contributed by atoms with E-state index in [1.807, 2.05) is 0 Å². The van der Waals surface area contributed by atoms with Gasteiger partial charge in [0.25, 0.3) is 0 Å². The number of hydrogen-bond acceptors (Lipinski definition) is 3. The van der Waals surface area contributed by atoms with E-state index in [9.17, 15) is 0 Å². The van der Waals surface area contributed by atoms with Crippen molar-refractivity contribution < 1.29 is 28.1 Å². The fourth-order valence-electron chi connectivity index (χ4n) is 0. The summed E-state index contributed by atoms with van der Waals surface area (Å²) < 4.78 is 25.9. The summed E-state index contributed by atoms with van der Waals surface area (Å²) in [7, 11) is 0. The van der Waals surface area contributed by atoms with E-state index in [1.54, 1.807) is 0 Å². The van der Waals surface area contributed by atoms with Gasteiger partial charge in [-0.25, -0.2) is 0 Å². The molecule has 0 aliphatic carbocycles. The van der Waals surface area contributed by atoms with Crippen molar-refractivity contribution in [3.8, 4) is 0 Å². The second-order valence-corrected chi connectivity index (χ2v) is 1.83. The van der Waals surface area contributed by atoms with Gasteiger partial charge < -0.3 is 0 Å². The normalized spacial score (nSPS) is 6.00. The van der Waals surface area contributed by atoms with Gasteiger partial charge in [-0.15, -0.1) is 0 Å². The van der Waals surface area contributed by atoms with Crippen LogP contribution >= 0.6 is 0 Å². The van der Waals surface area contributed by atoms with Crippen LogP contribution in [0.15, 0.2) is 0 Å². The van der Waals surface area contributed by atoms with E-state index >= 15 is 0 Å². The van der Waals surface area contributed by atoms with E-state index in [2.05, 4.69) is 0 Å². The Labute approximate surface area is 28.7 Å². The van der Waals surface area contributed by atoms with Gasteiger partial charge in [0.2, 0.25) is 0 Å². The van der Waals surface area contributed by atoms with Gasteiger partial charge in [0.1, 0.15) is 0 Å². The predicted octanol–water partition coefficient (Wildman–Crippen LogP) is -0.359. The first-order valence-electron chi connectivity index (χ1n) is 0.548. The molecule has 0 aromatic rings. The second-order valence-electron chi connectivity index (χ2n) is 0.224. The molecular formula is O3Ta. The van der Waals surface area contributed by atoms with Crippen molar-refractivity contribution >= 4 is 0 Å². The molecule has 0 atom stereocenters. The van der Waals surface area contributed by atoms with E-state index in [1.165, 1.54) is 0 Å². The van der Waals surface area contributed by atoms with Gasteiger partial charge in [-0.3, -0.25) is 0 Å². The van der Waals surface area contributed by atoms with Crippen LogP contribution < -0.4 is 0 Å². The summed E-state index contributed by atoms with van der Waals surface area (Å²) in [6, 6.07) is 0. The molecule has 0 aromatic heterocycles. The van der Waals surface area contributed by atoms with Gasteiger partial charge in [0.15, 0.2) is 0 Å². The van der Waals surface area contributed by atoms with Crippen LogP contribution in [0.5, 0.6) is 0 Å². The van der Waals surface area contributed by atoms with E-state index in [0.717, 1.165) is 0 Å². The molecule has 0 N–H and O–H groups in total. The van der Waals surface area contributed by atoms with Crippen LogP contribution in [0.2, 0.25) is 0 Å². The summed E-state index contributed by atoms with van der Waals surface area (Å²) in [5.74, 6) is 0. The summed E-state index contributed by atoms with van der Waals surface area (Å²) in [6.45, 7) is 0. The minimum atomic E-state index is -4.34. The summed E-state index contributed by atoms with van der Waals surface area (Å²) >= 11 is -4.34. The Kier molecular flexibility index (Phi) is 1.51. The molecule has 0 radical (unpaired) electrons. The van der Waals surface area contributed by atoms with Crippen molar-refractivity contribution in [2.75, 3.05) is 0 Å². The molecule has 0 saturated carbocycles. The van der Waals surface area contributed by atoms with Gasteiger partial charge in [-0.2, -0.15) is 0 Å².